The molecule has 30 heavy (non-hydrogen) atoms. The predicted octanol–water partition coefficient (Wildman–Crippen LogP) is 4.37. The largest absolute Gasteiger partial charge is 0.484 e. The second kappa shape index (κ2) is 9.16. The molecule has 0 aromatic heterocycles. The van der Waals surface area contributed by atoms with Crippen LogP contribution in [0.3, 0.4) is 0 Å². The monoisotopic (exact) mass is 424 g/mol. The molecule has 4 nitrogen and oxygen atoms in total. The van der Waals surface area contributed by atoms with Crippen LogP contribution in [-0.2, 0) is 4.79 Å². The number of amides is 1. The van der Waals surface area contributed by atoms with Crippen LogP contribution < -0.4 is 4.74 Å². The Morgan fingerprint density at radius 2 is 1.57 bits per heavy atom. The first kappa shape index (κ1) is 21.5. The van der Waals surface area contributed by atoms with E-state index in [4.69, 9.17) is 4.74 Å². The molecular formula is C23H31F3N2O2. The lowest BCUT2D eigenvalue weighted by molar-refractivity contribution is -0.139. The third-order valence-corrected chi connectivity index (χ3v) is 7.17. The lowest BCUT2D eigenvalue weighted by Gasteiger charge is -2.40. The number of hydrogen-bond donors (Lipinski definition) is 0. The van der Waals surface area contributed by atoms with Gasteiger partial charge in [0.25, 0.3) is 0 Å². The van der Waals surface area contributed by atoms with Gasteiger partial charge in [0.1, 0.15) is 11.9 Å². The summed E-state index contributed by atoms with van der Waals surface area (Å²) >= 11 is 0. The van der Waals surface area contributed by atoms with Gasteiger partial charge in [-0.05, 0) is 44.7 Å². The normalized spacial score (nSPS) is 26.9. The van der Waals surface area contributed by atoms with Gasteiger partial charge >= 0.3 is 0 Å². The summed E-state index contributed by atoms with van der Waals surface area (Å²) in [4.78, 5) is 17.4. The van der Waals surface area contributed by atoms with Crippen molar-refractivity contribution in [2.24, 2.45) is 11.8 Å². The zero-order valence-electron chi connectivity index (χ0n) is 17.6. The van der Waals surface area contributed by atoms with Crippen LogP contribution in [0.1, 0.15) is 51.9 Å². The summed E-state index contributed by atoms with van der Waals surface area (Å²) in [5, 5.41) is 0. The second-order valence-corrected chi connectivity index (χ2v) is 9.13. The lowest BCUT2D eigenvalue weighted by Crippen LogP contribution is -2.49. The fraction of sp³-hybridized carbons (Fsp3) is 0.696. The highest BCUT2D eigenvalue weighted by molar-refractivity contribution is 5.79. The first-order chi connectivity index (χ1) is 14.4. The molecule has 0 N–H and O–H groups in total. The van der Waals surface area contributed by atoms with Gasteiger partial charge in [-0.2, -0.15) is 0 Å². The molecule has 166 valence electrons. The van der Waals surface area contributed by atoms with Crippen LogP contribution >= 0.6 is 0 Å². The van der Waals surface area contributed by atoms with Gasteiger partial charge in [0.15, 0.2) is 17.4 Å². The number of benzene rings is 1. The maximum Gasteiger partial charge on any atom is 0.225 e. The van der Waals surface area contributed by atoms with Gasteiger partial charge in [0.2, 0.25) is 5.91 Å². The number of halogens is 3. The average molecular weight is 425 g/mol. The Labute approximate surface area is 176 Å². The summed E-state index contributed by atoms with van der Waals surface area (Å²) in [6, 6.07) is 1.92. The van der Waals surface area contributed by atoms with Crippen LogP contribution in [0.15, 0.2) is 12.1 Å². The molecule has 4 rings (SSSR count). The molecule has 1 saturated carbocycles. The van der Waals surface area contributed by atoms with Gasteiger partial charge in [-0.3, -0.25) is 4.79 Å². The summed E-state index contributed by atoms with van der Waals surface area (Å²) in [5.41, 5.74) is 0. The van der Waals surface area contributed by atoms with E-state index in [0.29, 0.717) is 44.1 Å². The molecule has 2 saturated heterocycles. The van der Waals surface area contributed by atoms with E-state index >= 15 is 0 Å². The molecule has 0 bridgehead atoms. The fourth-order valence-corrected chi connectivity index (χ4v) is 5.41. The maximum atomic E-state index is 13.8. The van der Waals surface area contributed by atoms with Crippen molar-refractivity contribution in [3.05, 3.63) is 29.6 Å². The van der Waals surface area contributed by atoms with Crippen molar-refractivity contribution in [2.45, 2.75) is 64.0 Å². The molecule has 1 aromatic carbocycles. The number of carbonyl (C=O) groups is 1. The van der Waals surface area contributed by atoms with E-state index in [-0.39, 0.29) is 17.9 Å². The molecule has 0 spiro atoms. The van der Waals surface area contributed by atoms with Crippen molar-refractivity contribution < 1.29 is 22.7 Å². The van der Waals surface area contributed by atoms with Crippen LogP contribution in [0.5, 0.6) is 5.75 Å². The molecule has 1 aliphatic carbocycles. The Hall–Kier alpha value is -1.76. The smallest absolute Gasteiger partial charge is 0.225 e. The van der Waals surface area contributed by atoms with Crippen molar-refractivity contribution in [1.29, 1.82) is 0 Å². The van der Waals surface area contributed by atoms with Gasteiger partial charge in [-0.25, -0.2) is 13.2 Å². The van der Waals surface area contributed by atoms with Crippen LogP contribution in [0.4, 0.5) is 13.2 Å². The van der Waals surface area contributed by atoms with Crippen LogP contribution in [0.2, 0.25) is 0 Å². The molecule has 2 aliphatic heterocycles. The zero-order chi connectivity index (χ0) is 21.3. The number of carbonyl (C=O) groups excluding carboxylic acids is 1. The number of ether oxygens (including phenoxy) is 1. The van der Waals surface area contributed by atoms with Crippen molar-refractivity contribution in [1.82, 2.24) is 9.80 Å². The summed E-state index contributed by atoms with van der Waals surface area (Å²) in [6.07, 6.45) is 6.37. The minimum Gasteiger partial charge on any atom is -0.484 e. The molecule has 2 atom stereocenters. The van der Waals surface area contributed by atoms with Crippen molar-refractivity contribution in [2.75, 3.05) is 26.2 Å². The van der Waals surface area contributed by atoms with Gasteiger partial charge in [0.05, 0.1) is 0 Å². The van der Waals surface area contributed by atoms with Crippen molar-refractivity contribution >= 4 is 5.91 Å². The quantitative estimate of drug-likeness (QED) is 0.719. The van der Waals surface area contributed by atoms with Crippen LogP contribution in [0, 0.1) is 29.3 Å². The van der Waals surface area contributed by atoms with Gasteiger partial charge in [0, 0.05) is 50.0 Å². The van der Waals surface area contributed by atoms with E-state index in [1.54, 1.807) is 0 Å². The van der Waals surface area contributed by atoms with E-state index in [1.165, 1.54) is 19.3 Å². The number of nitrogens with zero attached hydrogens (tertiary/aromatic N) is 2. The first-order valence-electron chi connectivity index (χ1n) is 11.3. The Morgan fingerprint density at radius 3 is 2.13 bits per heavy atom. The Balaban J connectivity index is 1.25. The molecule has 7 heteroatoms. The molecule has 1 aromatic rings. The van der Waals surface area contributed by atoms with E-state index in [2.05, 4.69) is 11.8 Å². The standard InChI is InChI=1S/C23H31F3N2O2/c1-15-3-2-4-21(15)27-9-5-16(6-10-27)23(29)28-11-7-18(8-12-28)30-22-19(25)13-17(24)14-20(22)26/h13-16,18,21H,2-12H2,1H3/t15-,21?/m0/s1. The number of likely N-dealkylation sites (tertiary alicyclic amines) is 2. The number of piperidine rings is 2. The summed E-state index contributed by atoms with van der Waals surface area (Å²) in [6.45, 7) is 5.37. The lowest BCUT2D eigenvalue weighted by atomic mass is 9.92. The van der Waals surface area contributed by atoms with Gasteiger partial charge < -0.3 is 14.5 Å². The topological polar surface area (TPSA) is 32.8 Å². The van der Waals surface area contributed by atoms with Gasteiger partial charge in [-0.15, -0.1) is 0 Å². The third kappa shape index (κ3) is 4.61. The van der Waals surface area contributed by atoms with Crippen LogP contribution in [-0.4, -0.2) is 54.0 Å². The molecule has 1 amide bonds. The number of rotatable bonds is 4. The van der Waals surface area contributed by atoms with E-state index in [0.717, 1.165) is 31.8 Å². The summed E-state index contributed by atoms with van der Waals surface area (Å²) in [7, 11) is 0. The predicted molar refractivity (Wildman–Crippen MR) is 108 cm³/mol. The highest BCUT2D eigenvalue weighted by atomic mass is 19.1. The molecule has 0 radical (unpaired) electrons. The SMILES string of the molecule is C[C@H]1CCCC1N1CCC(C(=O)N2CCC(Oc3c(F)cc(F)cc3F)CC2)CC1. The highest BCUT2D eigenvalue weighted by Crippen LogP contribution is 2.33. The fourth-order valence-electron chi connectivity index (χ4n) is 5.41. The Kier molecular flexibility index (Phi) is 6.56. The van der Waals surface area contributed by atoms with Crippen molar-refractivity contribution in [3.8, 4) is 5.75 Å². The minimum atomic E-state index is -1.03. The molecular weight excluding hydrogens is 393 g/mol. The average Bonchev–Trinajstić information content (AvgIpc) is 3.16. The minimum absolute atomic E-state index is 0.0717. The van der Waals surface area contributed by atoms with Crippen LogP contribution in [0.25, 0.3) is 0 Å². The Morgan fingerprint density at radius 1 is 0.933 bits per heavy atom. The van der Waals surface area contributed by atoms with E-state index in [9.17, 15) is 18.0 Å². The number of hydrogen-bond acceptors (Lipinski definition) is 3. The second-order valence-electron chi connectivity index (χ2n) is 9.13. The Bertz CT molecular complexity index is 736. The van der Waals surface area contributed by atoms with E-state index < -0.39 is 23.2 Å². The van der Waals surface area contributed by atoms with E-state index in [1.807, 2.05) is 4.90 Å². The summed E-state index contributed by atoms with van der Waals surface area (Å²) in [5.74, 6) is -2.54. The zero-order valence-corrected chi connectivity index (χ0v) is 17.6. The van der Waals surface area contributed by atoms with Crippen molar-refractivity contribution in [3.63, 3.8) is 0 Å². The highest BCUT2D eigenvalue weighted by Gasteiger charge is 2.35. The van der Waals surface area contributed by atoms with Gasteiger partial charge in [-0.1, -0.05) is 13.3 Å². The third-order valence-electron chi connectivity index (χ3n) is 7.17. The summed E-state index contributed by atoms with van der Waals surface area (Å²) < 4.78 is 46.1. The molecule has 2 heterocycles. The molecule has 1 unspecified atom stereocenters. The molecule has 3 fully saturated rings. The maximum absolute atomic E-state index is 13.8. The first-order valence-corrected chi connectivity index (χ1v) is 11.3. The molecule has 3 aliphatic rings.